The van der Waals surface area contributed by atoms with Gasteiger partial charge in [-0.2, -0.15) is 0 Å². The van der Waals surface area contributed by atoms with Crippen molar-refractivity contribution in [3.05, 3.63) is 32.8 Å². The van der Waals surface area contributed by atoms with Gasteiger partial charge in [-0.3, -0.25) is 19.0 Å². The second-order valence-electron chi connectivity index (χ2n) is 5.46. The molecule has 1 saturated carbocycles. The molecule has 0 spiro atoms. The van der Waals surface area contributed by atoms with Crippen LogP contribution in [-0.2, 0) is 9.59 Å². The summed E-state index contributed by atoms with van der Waals surface area (Å²) in [6.45, 7) is 1.68. The summed E-state index contributed by atoms with van der Waals surface area (Å²) < 4.78 is 2.11. The summed E-state index contributed by atoms with van der Waals surface area (Å²) in [6.07, 6.45) is 0.516. The fourth-order valence-electron chi connectivity index (χ4n) is 2.93. The van der Waals surface area contributed by atoms with Gasteiger partial charge in [0.25, 0.3) is 5.56 Å². The van der Waals surface area contributed by atoms with E-state index in [1.165, 1.54) is 4.57 Å². The van der Waals surface area contributed by atoms with Crippen LogP contribution in [-0.4, -0.2) is 21.1 Å². The molecule has 0 aliphatic heterocycles. The average Bonchev–Trinajstić information content (AvgIpc) is 2.39. The van der Waals surface area contributed by atoms with Crippen molar-refractivity contribution in [2.75, 3.05) is 5.73 Å². The molecule has 1 aromatic carbocycles. The van der Waals surface area contributed by atoms with Gasteiger partial charge in [0.05, 0.1) is 23.4 Å². The average molecular weight is 364 g/mol. The Hall–Kier alpha value is -2.02. The number of carbonyl (C=O) groups excluding carboxylic acids is 2. The lowest BCUT2D eigenvalue weighted by atomic mass is 9.92. The van der Waals surface area contributed by atoms with Crippen molar-refractivity contribution in [1.82, 2.24) is 9.55 Å². The van der Waals surface area contributed by atoms with Gasteiger partial charge in [0.15, 0.2) is 5.78 Å². The number of rotatable bonds is 1. The molecule has 2 N–H and O–H groups in total. The third-order valence-electron chi connectivity index (χ3n) is 3.93. The number of hydrogen-bond acceptors (Lipinski definition) is 5. The Morgan fingerprint density at radius 2 is 2.05 bits per heavy atom. The van der Waals surface area contributed by atoms with E-state index >= 15 is 0 Å². The number of halogens is 1. The number of aromatic nitrogens is 2. The number of hydrogen-bond donors (Lipinski definition) is 1. The van der Waals surface area contributed by atoms with Crippen molar-refractivity contribution < 1.29 is 9.59 Å². The lowest BCUT2D eigenvalue weighted by Gasteiger charge is -2.24. The molecule has 1 aliphatic carbocycles. The van der Waals surface area contributed by atoms with E-state index in [9.17, 15) is 14.4 Å². The van der Waals surface area contributed by atoms with Crippen LogP contribution in [0.4, 0.5) is 5.69 Å². The van der Waals surface area contributed by atoms with E-state index in [0.717, 1.165) is 4.47 Å². The highest BCUT2D eigenvalue weighted by atomic mass is 79.9. The standard InChI is InChI=1S/C15H14BrN3O3/c1-7-18-11-5-8(16)4-10(17)14(11)15(22)19(7)12-3-2-9(20)6-13(12)21/h4-5,12H,2-3,6,17H2,1H3/t12-/m1/s1. The topological polar surface area (TPSA) is 95.0 Å². The van der Waals surface area contributed by atoms with Crippen molar-refractivity contribution in [2.45, 2.75) is 32.2 Å². The molecule has 2 aromatic rings. The van der Waals surface area contributed by atoms with Gasteiger partial charge < -0.3 is 5.73 Å². The molecule has 0 unspecified atom stereocenters. The maximum atomic E-state index is 12.8. The molecule has 114 valence electrons. The van der Waals surface area contributed by atoms with E-state index in [2.05, 4.69) is 20.9 Å². The minimum Gasteiger partial charge on any atom is -0.398 e. The second kappa shape index (κ2) is 5.31. The van der Waals surface area contributed by atoms with E-state index in [0.29, 0.717) is 35.3 Å². The Labute approximate surface area is 134 Å². The van der Waals surface area contributed by atoms with Gasteiger partial charge in [-0.15, -0.1) is 0 Å². The molecule has 6 nitrogen and oxygen atoms in total. The maximum Gasteiger partial charge on any atom is 0.264 e. The third kappa shape index (κ3) is 2.35. The largest absolute Gasteiger partial charge is 0.398 e. The molecule has 0 amide bonds. The summed E-state index contributed by atoms with van der Waals surface area (Å²) in [6, 6.07) is 2.72. The smallest absolute Gasteiger partial charge is 0.264 e. The SMILES string of the molecule is Cc1nc2cc(Br)cc(N)c2c(=O)n1[C@@H]1CCC(=O)CC1=O. The number of benzene rings is 1. The molecule has 1 fully saturated rings. The Kier molecular flexibility index (Phi) is 3.60. The monoisotopic (exact) mass is 363 g/mol. The minimum atomic E-state index is -0.634. The van der Waals surface area contributed by atoms with Gasteiger partial charge in [0, 0.05) is 16.6 Å². The lowest BCUT2D eigenvalue weighted by Crippen LogP contribution is -2.36. The number of Topliss-reactive ketones (excluding diaryl/α,β-unsaturated/α-hetero) is 2. The molecule has 0 radical (unpaired) electrons. The summed E-state index contributed by atoms with van der Waals surface area (Å²) in [7, 11) is 0. The molecule has 0 bridgehead atoms. The second-order valence-corrected chi connectivity index (χ2v) is 6.38. The summed E-state index contributed by atoms with van der Waals surface area (Å²) in [5.41, 5.74) is 6.41. The number of carbonyl (C=O) groups is 2. The zero-order valence-electron chi connectivity index (χ0n) is 11.9. The van der Waals surface area contributed by atoms with E-state index < -0.39 is 6.04 Å². The van der Waals surface area contributed by atoms with Crippen LogP contribution in [0.25, 0.3) is 10.9 Å². The number of nitrogens with two attached hydrogens (primary N) is 1. The molecule has 22 heavy (non-hydrogen) atoms. The van der Waals surface area contributed by atoms with Crippen LogP contribution in [0, 0.1) is 6.92 Å². The number of nitrogens with zero attached hydrogens (tertiary/aromatic N) is 2. The van der Waals surface area contributed by atoms with Crippen LogP contribution in [0.5, 0.6) is 0 Å². The Bertz CT molecular complexity index is 872. The maximum absolute atomic E-state index is 12.8. The number of ketones is 2. The molecule has 1 heterocycles. The Morgan fingerprint density at radius 3 is 2.73 bits per heavy atom. The Balaban J connectivity index is 2.25. The summed E-state index contributed by atoms with van der Waals surface area (Å²) >= 11 is 3.32. The molecule has 3 rings (SSSR count). The zero-order valence-corrected chi connectivity index (χ0v) is 13.5. The van der Waals surface area contributed by atoms with Crippen molar-refractivity contribution in [3.63, 3.8) is 0 Å². The van der Waals surface area contributed by atoms with E-state index in [4.69, 9.17) is 5.73 Å². The predicted molar refractivity (Wildman–Crippen MR) is 85.8 cm³/mol. The zero-order chi connectivity index (χ0) is 16.0. The molecule has 0 saturated heterocycles. The molecule has 1 aromatic heterocycles. The number of anilines is 1. The van der Waals surface area contributed by atoms with Gasteiger partial charge in [0.1, 0.15) is 11.6 Å². The molecule has 1 aliphatic rings. The summed E-state index contributed by atoms with van der Waals surface area (Å²) in [5, 5.41) is 0.304. The predicted octanol–water partition coefficient (Wildman–Crippen LogP) is 1.91. The first-order valence-corrected chi connectivity index (χ1v) is 7.70. The van der Waals surface area contributed by atoms with Crippen LogP contribution >= 0.6 is 15.9 Å². The highest BCUT2D eigenvalue weighted by molar-refractivity contribution is 9.10. The quantitative estimate of drug-likeness (QED) is 0.616. The molecular weight excluding hydrogens is 350 g/mol. The van der Waals surface area contributed by atoms with Gasteiger partial charge in [-0.1, -0.05) is 15.9 Å². The van der Waals surface area contributed by atoms with Crippen molar-refractivity contribution in [1.29, 1.82) is 0 Å². The van der Waals surface area contributed by atoms with Crippen LogP contribution in [0.2, 0.25) is 0 Å². The van der Waals surface area contributed by atoms with Gasteiger partial charge >= 0.3 is 0 Å². The fraction of sp³-hybridized carbons (Fsp3) is 0.333. The highest BCUT2D eigenvalue weighted by Gasteiger charge is 2.30. The first-order valence-electron chi connectivity index (χ1n) is 6.90. The first kappa shape index (κ1) is 14.9. The number of nitrogen functional groups attached to an aromatic ring is 1. The van der Waals surface area contributed by atoms with E-state index in [1.54, 1.807) is 19.1 Å². The van der Waals surface area contributed by atoms with Crippen molar-refractivity contribution >= 4 is 44.1 Å². The molecular formula is C15H14BrN3O3. The Morgan fingerprint density at radius 1 is 1.32 bits per heavy atom. The minimum absolute atomic E-state index is 0.0795. The van der Waals surface area contributed by atoms with E-state index in [1.807, 2.05) is 0 Å². The molecule has 7 heteroatoms. The lowest BCUT2D eigenvalue weighted by molar-refractivity contribution is -0.132. The van der Waals surface area contributed by atoms with E-state index in [-0.39, 0.29) is 23.5 Å². The van der Waals surface area contributed by atoms with Crippen LogP contribution < -0.4 is 11.3 Å². The van der Waals surface area contributed by atoms with Crippen LogP contribution in [0.15, 0.2) is 21.4 Å². The number of fused-ring (bicyclic) bond motifs is 1. The summed E-state index contributed by atoms with van der Waals surface area (Å²) in [4.78, 5) is 40.7. The number of aryl methyl sites for hydroxylation is 1. The van der Waals surface area contributed by atoms with Crippen LogP contribution in [0.1, 0.15) is 31.1 Å². The van der Waals surface area contributed by atoms with Gasteiger partial charge in [-0.05, 0) is 25.5 Å². The fourth-order valence-corrected chi connectivity index (χ4v) is 3.39. The highest BCUT2D eigenvalue weighted by Crippen LogP contribution is 2.26. The van der Waals surface area contributed by atoms with Crippen LogP contribution in [0.3, 0.4) is 0 Å². The van der Waals surface area contributed by atoms with Gasteiger partial charge in [0.2, 0.25) is 0 Å². The third-order valence-corrected chi connectivity index (χ3v) is 4.39. The van der Waals surface area contributed by atoms with Crippen molar-refractivity contribution in [2.24, 2.45) is 0 Å². The van der Waals surface area contributed by atoms with Crippen molar-refractivity contribution in [3.8, 4) is 0 Å². The van der Waals surface area contributed by atoms with Gasteiger partial charge in [-0.25, -0.2) is 4.98 Å². The summed E-state index contributed by atoms with van der Waals surface area (Å²) in [5.74, 6) is 0.130. The normalized spacial score (nSPS) is 18.9. The molecule has 1 atom stereocenters. The first-order chi connectivity index (χ1) is 10.4.